The van der Waals surface area contributed by atoms with Crippen molar-refractivity contribution in [1.29, 1.82) is 0 Å². The van der Waals surface area contributed by atoms with Crippen LogP contribution in [0.4, 0.5) is 5.82 Å². The highest BCUT2D eigenvalue weighted by Gasteiger charge is 2.48. The van der Waals surface area contributed by atoms with Crippen molar-refractivity contribution in [3.8, 4) is 0 Å². The number of rotatable bonds is 2. The van der Waals surface area contributed by atoms with E-state index >= 15 is 0 Å². The van der Waals surface area contributed by atoms with Gasteiger partial charge in [0.2, 0.25) is 5.96 Å². The molecule has 0 radical (unpaired) electrons. The first-order chi connectivity index (χ1) is 12.1. The van der Waals surface area contributed by atoms with Gasteiger partial charge in [-0.25, -0.2) is 9.98 Å². The van der Waals surface area contributed by atoms with Gasteiger partial charge >= 0.3 is 0 Å². The number of nitrogens with zero attached hydrogens (tertiary/aromatic N) is 5. The molecule has 2 aliphatic carbocycles. The molecular formula is C19H27N5O. The summed E-state index contributed by atoms with van der Waals surface area (Å²) < 4.78 is 2.19. The summed E-state index contributed by atoms with van der Waals surface area (Å²) >= 11 is 0. The van der Waals surface area contributed by atoms with Crippen molar-refractivity contribution in [2.24, 2.45) is 18.0 Å². The first-order valence-electron chi connectivity index (χ1n) is 9.86. The highest BCUT2D eigenvalue weighted by atomic mass is 16.2. The van der Waals surface area contributed by atoms with Gasteiger partial charge in [-0.05, 0) is 25.2 Å². The molecule has 0 aromatic carbocycles. The molecule has 6 nitrogen and oxygen atoms in total. The molecule has 2 fully saturated rings. The number of aromatic nitrogens is 2. The van der Waals surface area contributed by atoms with Crippen LogP contribution in [0, 0.1) is 5.92 Å². The average molecular weight is 341 g/mol. The van der Waals surface area contributed by atoms with Crippen molar-refractivity contribution in [1.82, 2.24) is 14.5 Å². The standard InChI is InChI=1S/C19H27N5O/c1-22-15(11-12-7-4-3-5-8-12)21-16-17(22)24-14-10-6-9-13(14)20-19(24)23(2)18(16)25/h12-14H,3-11H2,1-2H3/t13-,14+/m1/s1. The molecule has 0 unspecified atom stereocenters. The van der Waals surface area contributed by atoms with Gasteiger partial charge in [-0.2, -0.15) is 0 Å². The number of fused-ring (bicyclic) bond motifs is 5. The number of carbonyl (C=O) groups excluding carboxylic acids is 1. The molecule has 2 saturated carbocycles. The normalized spacial score (nSPS) is 28.9. The number of guanidine groups is 1. The van der Waals surface area contributed by atoms with Crippen molar-refractivity contribution < 1.29 is 4.79 Å². The van der Waals surface area contributed by atoms with E-state index in [4.69, 9.17) is 9.98 Å². The van der Waals surface area contributed by atoms with Crippen LogP contribution in [0.2, 0.25) is 0 Å². The van der Waals surface area contributed by atoms with Crippen molar-refractivity contribution >= 4 is 17.7 Å². The molecule has 6 heteroatoms. The largest absolute Gasteiger partial charge is 0.317 e. The van der Waals surface area contributed by atoms with E-state index in [1.807, 2.05) is 7.05 Å². The molecule has 0 saturated heterocycles. The van der Waals surface area contributed by atoms with Gasteiger partial charge in [0, 0.05) is 20.5 Å². The summed E-state index contributed by atoms with van der Waals surface area (Å²) in [6.45, 7) is 0. The number of hydrogen-bond acceptors (Lipinski definition) is 4. The molecule has 25 heavy (non-hydrogen) atoms. The lowest BCUT2D eigenvalue weighted by atomic mass is 9.87. The third-order valence-corrected chi connectivity index (χ3v) is 6.66. The van der Waals surface area contributed by atoms with Crippen molar-refractivity contribution in [2.75, 3.05) is 11.9 Å². The zero-order chi connectivity index (χ0) is 17.1. The second kappa shape index (κ2) is 5.58. The van der Waals surface area contributed by atoms with Gasteiger partial charge in [0.15, 0.2) is 5.69 Å². The fraction of sp³-hybridized carbons (Fsp3) is 0.737. The van der Waals surface area contributed by atoms with Gasteiger partial charge in [0.1, 0.15) is 11.6 Å². The molecule has 0 spiro atoms. The van der Waals surface area contributed by atoms with Crippen LogP contribution < -0.4 is 4.90 Å². The molecule has 0 bridgehead atoms. The molecule has 5 rings (SSSR count). The highest BCUT2D eigenvalue weighted by molar-refractivity contribution is 6.18. The second-order valence-corrected chi connectivity index (χ2v) is 8.20. The Kier molecular flexibility index (Phi) is 3.44. The van der Waals surface area contributed by atoms with E-state index in [0.717, 1.165) is 42.8 Å². The fourth-order valence-corrected chi connectivity index (χ4v) is 5.27. The quantitative estimate of drug-likeness (QED) is 0.831. The summed E-state index contributed by atoms with van der Waals surface area (Å²) in [7, 11) is 3.93. The lowest BCUT2D eigenvalue weighted by Gasteiger charge is -2.35. The molecule has 4 aliphatic rings. The van der Waals surface area contributed by atoms with Crippen LogP contribution in [0.5, 0.6) is 0 Å². The Hall–Kier alpha value is -1.85. The third-order valence-electron chi connectivity index (χ3n) is 6.66. The minimum atomic E-state index is -0.00420. The molecule has 3 heterocycles. The molecular weight excluding hydrogens is 314 g/mol. The maximum atomic E-state index is 12.9. The Morgan fingerprint density at radius 2 is 1.84 bits per heavy atom. The molecule has 1 aromatic rings. The SMILES string of the molecule is CN1C(=O)c2nc(CC3CCCCC3)n(C)c2N2C1=N[C@@H]1CCC[C@@H]12. The summed E-state index contributed by atoms with van der Waals surface area (Å²) in [4.78, 5) is 26.6. The second-order valence-electron chi connectivity index (χ2n) is 8.20. The number of hydrogen-bond donors (Lipinski definition) is 0. The molecule has 0 N–H and O–H groups in total. The van der Waals surface area contributed by atoms with Gasteiger partial charge in [-0.3, -0.25) is 14.6 Å². The first-order valence-corrected chi connectivity index (χ1v) is 9.86. The van der Waals surface area contributed by atoms with Crippen molar-refractivity contribution in [3.05, 3.63) is 11.5 Å². The Morgan fingerprint density at radius 3 is 2.64 bits per heavy atom. The fourth-order valence-electron chi connectivity index (χ4n) is 5.27. The van der Waals surface area contributed by atoms with E-state index in [2.05, 4.69) is 16.5 Å². The Bertz CT molecular complexity index is 745. The minimum Gasteiger partial charge on any atom is -0.317 e. The van der Waals surface area contributed by atoms with Crippen LogP contribution in [0.25, 0.3) is 0 Å². The predicted molar refractivity (Wildman–Crippen MR) is 96.9 cm³/mol. The summed E-state index contributed by atoms with van der Waals surface area (Å²) in [5.41, 5.74) is 0.627. The van der Waals surface area contributed by atoms with Gasteiger partial charge < -0.3 is 4.57 Å². The van der Waals surface area contributed by atoms with E-state index in [-0.39, 0.29) is 5.91 Å². The Balaban J connectivity index is 1.54. The van der Waals surface area contributed by atoms with Crippen LogP contribution in [-0.2, 0) is 13.5 Å². The molecule has 2 atom stereocenters. The number of aliphatic imine (C=N–C) groups is 1. The smallest absolute Gasteiger partial charge is 0.282 e. The van der Waals surface area contributed by atoms with Gasteiger partial charge in [0.25, 0.3) is 5.91 Å². The van der Waals surface area contributed by atoms with Crippen LogP contribution in [0.15, 0.2) is 4.99 Å². The maximum absolute atomic E-state index is 12.9. The van der Waals surface area contributed by atoms with Crippen LogP contribution >= 0.6 is 0 Å². The summed E-state index contributed by atoms with van der Waals surface area (Å²) in [5.74, 6) is 3.60. The predicted octanol–water partition coefficient (Wildman–Crippen LogP) is 2.73. The van der Waals surface area contributed by atoms with Crippen LogP contribution in [0.1, 0.15) is 67.7 Å². The Labute approximate surface area is 148 Å². The molecule has 1 amide bonds. The zero-order valence-electron chi connectivity index (χ0n) is 15.2. The lowest BCUT2D eigenvalue weighted by Crippen LogP contribution is -2.51. The summed E-state index contributed by atoms with van der Waals surface area (Å²) in [6.07, 6.45) is 11.1. The molecule has 134 valence electrons. The number of amides is 1. The van der Waals surface area contributed by atoms with Gasteiger partial charge in [0.05, 0.1) is 12.1 Å². The van der Waals surface area contributed by atoms with Crippen molar-refractivity contribution in [2.45, 2.75) is 69.9 Å². The maximum Gasteiger partial charge on any atom is 0.282 e. The molecule has 1 aromatic heterocycles. The van der Waals surface area contributed by atoms with E-state index in [9.17, 15) is 4.79 Å². The molecule has 2 aliphatic heterocycles. The van der Waals surface area contributed by atoms with Crippen molar-refractivity contribution in [3.63, 3.8) is 0 Å². The monoisotopic (exact) mass is 341 g/mol. The first kappa shape index (κ1) is 15.4. The lowest BCUT2D eigenvalue weighted by molar-refractivity contribution is 0.0859. The van der Waals surface area contributed by atoms with E-state index in [1.165, 1.54) is 38.5 Å². The van der Waals surface area contributed by atoms with E-state index < -0.39 is 0 Å². The summed E-state index contributed by atoms with van der Waals surface area (Å²) in [6, 6.07) is 0.745. The van der Waals surface area contributed by atoms with Crippen LogP contribution in [0.3, 0.4) is 0 Å². The minimum absolute atomic E-state index is 0.00420. The number of imidazole rings is 1. The highest BCUT2D eigenvalue weighted by Crippen LogP contribution is 2.41. The van der Waals surface area contributed by atoms with Gasteiger partial charge in [-0.1, -0.05) is 32.1 Å². The summed E-state index contributed by atoms with van der Waals surface area (Å²) in [5, 5.41) is 0. The van der Waals surface area contributed by atoms with E-state index in [0.29, 0.717) is 17.8 Å². The zero-order valence-corrected chi connectivity index (χ0v) is 15.2. The number of anilines is 1. The topological polar surface area (TPSA) is 53.7 Å². The number of carbonyl (C=O) groups is 1. The third kappa shape index (κ3) is 2.19. The van der Waals surface area contributed by atoms with Gasteiger partial charge in [-0.15, -0.1) is 0 Å². The van der Waals surface area contributed by atoms with E-state index in [1.54, 1.807) is 4.90 Å². The average Bonchev–Trinajstić information content (AvgIpc) is 3.28. The van der Waals surface area contributed by atoms with Crippen LogP contribution in [-0.4, -0.2) is 45.4 Å². The Morgan fingerprint density at radius 1 is 1.04 bits per heavy atom.